The van der Waals surface area contributed by atoms with Gasteiger partial charge >= 0.3 is 0 Å². The van der Waals surface area contributed by atoms with Gasteiger partial charge in [0.25, 0.3) is 0 Å². The number of nitrogens with one attached hydrogen (secondary N) is 2. The van der Waals surface area contributed by atoms with Crippen LogP contribution >= 0.6 is 24.0 Å². The number of rotatable bonds is 3. The predicted molar refractivity (Wildman–Crippen MR) is 84.3 cm³/mol. The molecule has 3 aromatic rings. The van der Waals surface area contributed by atoms with Gasteiger partial charge in [0, 0.05) is 29.0 Å². The van der Waals surface area contributed by atoms with Crippen molar-refractivity contribution in [1.29, 1.82) is 0 Å². The van der Waals surface area contributed by atoms with Gasteiger partial charge in [0.15, 0.2) is 0 Å². The third-order valence-corrected chi connectivity index (χ3v) is 3.21. The third-order valence-electron chi connectivity index (χ3n) is 2.96. The summed E-state index contributed by atoms with van der Waals surface area (Å²) in [5.74, 6) is 0. The van der Waals surface area contributed by atoms with Gasteiger partial charge in [0.05, 0.1) is 0 Å². The average molecular weight is 293 g/mol. The number of fused-ring (bicyclic) bond motifs is 1. The van der Waals surface area contributed by atoms with Crippen LogP contribution in [0.5, 0.6) is 0 Å². The van der Waals surface area contributed by atoms with Gasteiger partial charge in [0.2, 0.25) is 0 Å². The first-order valence-corrected chi connectivity index (χ1v) is 6.24. The molecule has 3 rings (SSSR count). The molecule has 0 unspecified atom stereocenters. The van der Waals surface area contributed by atoms with Gasteiger partial charge in [-0.25, -0.2) is 0 Å². The molecule has 0 aliphatic carbocycles. The molecule has 0 amide bonds. The van der Waals surface area contributed by atoms with Crippen molar-refractivity contribution in [2.45, 2.75) is 6.54 Å². The number of halogens is 2. The molecule has 2 nitrogen and oxygen atoms in total. The molecular formula is C15H14Cl2N2. The maximum atomic E-state index is 5.85. The van der Waals surface area contributed by atoms with E-state index in [0.717, 1.165) is 17.3 Å². The highest BCUT2D eigenvalue weighted by Gasteiger charge is 1.98. The zero-order chi connectivity index (χ0) is 12.4. The molecule has 0 spiro atoms. The van der Waals surface area contributed by atoms with Crippen LogP contribution < -0.4 is 5.32 Å². The lowest BCUT2D eigenvalue weighted by molar-refractivity contribution is 1.15. The van der Waals surface area contributed by atoms with Crippen molar-refractivity contribution in [3.05, 3.63) is 65.3 Å². The molecule has 2 aromatic carbocycles. The van der Waals surface area contributed by atoms with Crippen LogP contribution in [0, 0.1) is 0 Å². The highest BCUT2D eigenvalue weighted by molar-refractivity contribution is 6.30. The summed E-state index contributed by atoms with van der Waals surface area (Å²) in [5.41, 5.74) is 3.51. The Morgan fingerprint density at radius 1 is 1.00 bits per heavy atom. The smallest absolute Gasteiger partial charge is 0.0454 e. The summed E-state index contributed by atoms with van der Waals surface area (Å²) in [5, 5.41) is 5.38. The van der Waals surface area contributed by atoms with Crippen LogP contribution in [0.25, 0.3) is 10.9 Å². The van der Waals surface area contributed by atoms with Crippen LogP contribution in [0.1, 0.15) is 5.56 Å². The maximum Gasteiger partial charge on any atom is 0.0454 e. The van der Waals surface area contributed by atoms with E-state index in [1.165, 1.54) is 16.5 Å². The fourth-order valence-electron chi connectivity index (χ4n) is 1.98. The molecule has 0 saturated carbocycles. The lowest BCUT2D eigenvalue weighted by Crippen LogP contribution is -1.98. The molecule has 0 bridgehead atoms. The van der Waals surface area contributed by atoms with Gasteiger partial charge in [-0.15, -0.1) is 12.4 Å². The van der Waals surface area contributed by atoms with Crippen molar-refractivity contribution in [2.24, 2.45) is 0 Å². The molecule has 0 aliphatic rings. The van der Waals surface area contributed by atoms with E-state index in [0.29, 0.717) is 0 Å². The van der Waals surface area contributed by atoms with E-state index in [2.05, 4.69) is 34.6 Å². The Labute approximate surface area is 123 Å². The second-order valence-electron chi connectivity index (χ2n) is 4.26. The average Bonchev–Trinajstić information content (AvgIpc) is 2.85. The Bertz CT molecular complexity index is 659. The molecule has 4 heteroatoms. The molecule has 1 aromatic heterocycles. The molecule has 1 heterocycles. The number of benzene rings is 2. The number of aromatic nitrogens is 1. The zero-order valence-corrected chi connectivity index (χ0v) is 11.8. The van der Waals surface area contributed by atoms with E-state index in [1.54, 1.807) is 0 Å². The third kappa shape index (κ3) is 3.22. The summed E-state index contributed by atoms with van der Waals surface area (Å²) >= 11 is 5.85. The highest BCUT2D eigenvalue weighted by Crippen LogP contribution is 2.17. The first-order chi connectivity index (χ1) is 8.81. The fourth-order valence-corrected chi connectivity index (χ4v) is 2.11. The van der Waals surface area contributed by atoms with Crippen LogP contribution in [0.2, 0.25) is 5.02 Å². The van der Waals surface area contributed by atoms with Crippen molar-refractivity contribution in [2.75, 3.05) is 5.32 Å². The van der Waals surface area contributed by atoms with Crippen LogP contribution in [-0.2, 0) is 6.54 Å². The molecule has 19 heavy (non-hydrogen) atoms. The van der Waals surface area contributed by atoms with Gasteiger partial charge in [-0.2, -0.15) is 0 Å². The SMILES string of the molecule is Cl.Clc1ccc(NCc2ccc3[nH]ccc3c2)cc1. The van der Waals surface area contributed by atoms with Crippen LogP contribution in [0.4, 0.5) is 5.69 Å². The Morgan fingerprint density at radius 3 is 2.58 bits per heavy atom. The lowest BCUT2D eigenvalue weighted by atomic mass is 10.1. The summed E-state index contributed by atoms with van der Waals surface area (Å²) in [7, 11) is 0. The van der Waals surface area contributed by atoms with E-state index < -0.39 is 0 Å². The molecule has 0 radical (unpaired) electrons. The van der Waals surface area contributed by atoms with Crippen molar-refractivity contribution >= 4 is 40.6 Å². The Hall–Kier alpha value is -1.64. The molecule has 0 atom stereocenters. The summed E-state index contributed by atoms with van der Waals surface area (Å²) in [6.07, 6.45) is 1.96. The van der Waals surface area contributed by atoms with E-state index in [9.17, 15) is 0 Å². The van der Waals surface area contributed by atoms with E-state index in [-0.39, 0.29) is 12.4 Å². The topological polar surface area (TPSA) is 27.8 Å². The van der Waals surface area contributed by atoms with Crippen LogP contribution in [0.3, 0.4) is 0 Å². The first kappa shape index (κ1) is 13.8. The molecule has 0 aliphatic heterocycles. The van der Waals surface area contributed by atoms with Gasteiger partial charge in [-0.05, 0) is 53.4 Å². The summed E-state index contributed by atoms with van der Waals surface area (Å²) in [4.78, 5) is 3.19. The van der Waals surface area contributed by atoms with Crippen molar-refractivity contribution < 1.29 is 0 Å². The first-order valence-electron chi connectivity index (χ1n) is 5.87. The predicted octanol–water partition coefficient (Wildman–Crippen LogP) is 4.86. The zero-order valence-electron chi connectivity index (χ0n) is 10.2. The van der Waals surface area contributed by atoms with Gasteiger partial charge < -0.3 is 10.3 Å². The van der Waals surface area contributed by atoms with Crippen molar-refractivity contribution in [3.8, 4) is 0 Å². The quantitative estimate of drug-likeness (QED) is 0.709. The van der Waals surface area contributed by atoms with E-state index in [4.69, 9.17) is 11.6 Å². The minimum atomic E-state index is 0. The van der Waals surface area contributed by atoms with Gasteiger partial charge in [-0.1, -0.05) is 17.7 Å². The largest absolute Gasteiger partial charge is 0.381 e. The second-order valence-corrected chi connectivity index (χ2v) is 4.70. The summed E-state index contributed by atoms with van der Waals surface area (Å²) in [6, 6.07) is 16.2. The van der Waals surface area contributed by atoms with Crippen LogP contribution in [0.15, 0.2) is 54.7 Å². The second kappa shape index (κ2) is 6.00. The van der Waals surface area contributed by atoms with E-state index >= 15 is 0 Å². The van der Waals surface area contributed by atoms with Crippen LogP contribution in [-0.4, -0.2) is 4.98 Å². The Morgan fingerprint density at radius 2 is 1.79 bits per heavy atom. The number of hydrogen-bond acceptors (Lipinski definition) is 1. The normalized spacial score (nSPS) is 10.2. The molecular weight excluding hydrogens is 279 g/mol. The number of anilines is 1. The lowest BCUT2D eigenvalue weighted by Gasteiger charge is -2.06. The number of aromatic amines is 1. The molecule has 2 N–H and O–H groups in total. The molecule has 0 fully saturated rings. The summed E-state index contributed by atoms with van der Waals surface area (Å²) in [6.45, 7) is 0.808. The monoisotopic (exact) mass is 292 g/mol. The minimum Gasteiger partial charge on any atom is -0.381 e. The Balaban J connectivity index is 0.00000133. The standard InChI is InChI=1S/C15H13ClN2.ClH/c16-13-2-4-14(5-3-13)18-10-11-1-6-15-12(9-11)7-8-17-15;/h1-9,17-18H,10H2;1H. The molecule has 0 saturated heterocycles. The maximum absolute atomic E-state index is 5.85. The summed E-state index contributed by atoms with van der Waals surface area (Å²) < 4.78 is 0. The van der Waals surface area contributed by atoms with Crippen molar-refractivity contribution in [3.63, 3.8) is 0 Å². The fraction of sp³-hybridized carbons (Fsp3) is 0.0667. The van der Waals surface area contributed by atoms with Gasteiger partial charge in [0.1, 0.15) is 0 Å². The number of hydrogen-bond donors (Lipinski definition) is 2. The van der Waals surface area contributed by atoms with Crippen molar-refractivity contribution in [1.82, 2.24) is 4.98 Å². The van der Waals surface area contributed by atoms with E-state index in [1.807, 2.05) is 30.5 Å². The van der Waals surface area contributed by atoms with Gasteiger partial charge in [-0.3, -0.25) is 0 Å². The molecule has 98 valence electrons. The minimum absolute atomic E-state index is 0. The Kier molecular flexibility index (Phi) is 4.35. The number of H-pyrrole nitrogens is 1. The highest BCUT2D eigenvalue weighted by atomic mass is 35.5.